The van der Waals surface area contributed by atoms with E-state index < -0.39 is 0 Å². The largest absolute Gasteiger partial charge is 0.485 e. The second-order valence-corrected chi connectivity index (χ2v) is 5.55. The Morgan fingerprint density at radius 1 is 1.21 bits per heavy atom. The summed E-state index contributed by atoms with van der Waals surface area (Å²) in [6.07, 6.45) is 1.57. The van der Waals surface area contributed by atoms with Gasteiger partial charge in [-0.2, -0.15) is 0 Å². The third-order valence-electron chi connectivity index (χ3n) is 3.64. The minimum absolute atomic E-state index is 0.0359. The zero-order valence-electron chi connectivity index (χ0n) is 13.3. The summed E-state index contributed by atoms with van der Waals surface area (Å²) in [5.74, 6) is 0.416. The summed E-state index contributed by atoms with van der Waals surface area (Å²) in [6, 6.07) is 9.03. The van der Waals surface area contributed by atoms with Crippen molar-refractivity contribution in [3.63, 3.8) is 0 Å². The molecule has 0 atom stereocenters. The molecule has 0 saturated heterocycles. The van der Waals surface area contributed by atoms with E-state index in [1.54, 1.807) is 37.3 Å². The van der Waals surface area contributed by atoms with Gasteiger partial charge in [0.15, 0.2) is 11.5 Å². The van der Waals surface area contributed by atoms with E-state index in [-0.39, 0.29) is 29.7 Å². The zero-order chi connectivity index (χ0) is 17.3. The molecule has 0 N–H and O–H groups in total. The van der Waals surface area contributed by atoms with Crippen molar-refractivity contribution in [1.29, 1.82) is 0 Å². The van der Waals surface area contributed by atoms with E-state index in [0.717, 1.165) is 0 Å². The molecule has 0 saturated carbocycles. The zero-order valence-corrected chi connectivity index (χ0v) is 13.3. The quantitative estimate of drug-likeness (QED) is 0.804. The Kier molecular flexibility index (Phi) is 4.16. The van der Waals surface area contributed by atoms with Crippen molar-refractivity contribution in [2.75, 3.05) is 6.61 Å². The van der Waals surface area contributed by atoms with Crippen molar-refractivity contribution in [1.82, 2.24) is 0 Å². The number of hydrogen-bond donors (Lipinski definition) is 0. The summed E-state index contributed by atoms with van der Waals surface area (Å²) < 4.78 is 24.1. The number of carbonyl (C=O) groups is 2. The second-order valence-electron chi connectivity index (χ2n) is 5.55. The molecule has 0 fully saturated rings. The Labute approximate surface area is 138 Å². The number of allylic oxidation sites excluding steroid dienone is 1. The average molecular weight is 326 g/mol. The first-order chi connectivity index (χ1) is 11.5. The fraction of sp³-hybridized carbons (Fsp3) is 0.158. The number of ketones is 2. The number of hydrogen-bond acceptors (Lipinski definition) is 4. The molecule has 0 amide bonds. The number of ether oxygens (including phenoxy) is 2. The highest BCUT2D eigenvalue weighted by molar-refractivity contribution is 6.14. The minimum atomic E-state index is -0.345. The van der Waals surface area contributed by atoms with Crippen LogP contribution in [0.5, 0.6) is 11.5 Å². The molecule has 1 aliphatic rings. The molecule has 0 aromatic heterocycles. The van der Waals surface area contributed by atoms with Crippen LogP contribution >= 0.6 is 0 Å². The van der Waals surface area contributed by atoms with Crippen molar-refractivity contribution < 1.29 is 23.5 Å². The molecular weight excluding hydrogens is 311 g/mol. The Morgan fingerprint density at radius 2 is 1.92 bits per heavy atom. The predicted molar refractivity (Wildman–Crippen MR) is 86.7 cm³/mol. The second kappa shape index (κ2) is 6.28. The molecule has 1 heterocycles. The van der Waals surface area contributed by atoms with Crippen molar-refractivity contribution >= 4 is 17.6 Å². The molecule has 0 radical (unpaired) electrons. The van der Waals surface area contributed by atoms with Crippen molar-refractivity contribution in [2.45, 2.75) is 13.8 Å². The van der Waals surface area contributed by atoms with Gasteiger partial charge in [-0.15, -0.1) is 0 Å². The highest BCUT2D eigenvalue weighted by atomic mass is 19.1. The summed E-state index contributed by atoms with van der Waals surface area (Å²) in [5, 5.41) is 0. The molecule has 122 valence electrons. The molecule has 2 aromatic carbocycles. The van der Waals surface area contributed by atoms with E-state index in [9.17, 15) is 14.0 Å². The van der Waals surface area contributed by atoms with E-state index in [0.29, 0.717) is 28.2 Å². The molecule has 3 rings (SSSR count). The Morgan fingerprint density at radius 3 is 2.58 bits per heavy atom. The highest BCUT2D eigenvalue weighted by Gasteiger charge is 2.30. The van der Waals surface area contributed by atoms with E-state index in [2.05, 4.69) is 0 Å². The van der Waals surface area contributed by atoms with Gasteiger partial charge >= 0.3 is 0 Å². The number of carbonyl (C=O) groups excluding carboxylic acids is 2. The smallest absolute Gasteiger partial charge is 0.231 e. The SMILES string of the molecule is CC(=O)COc1ccc2c(c1C)O/C(=C\c1ccc(F)cc1)C2=O. The average Bonchev–Trinajstić information content (AvgIpc) is 2.86. The van der Waals surface area contributed by atoms with Crippen LogP contribution in [-0.4, -0.2) is 18.2 Å². The van der Waals surface area contributed by atoms with Gasteiger partial charge < -0.3 is 9.47 Å². The maximum absolute atomic E-state index is 13.0. The van der Waals surface area contributed by atoms with Gasteiger partial charge in [0, 0.05) is 5.56 Å². The molecular formula is C19H15FO4. The molecule has 24 heavy (non-hydrogen) atoms. The maximum atomic E-state index is 13.0. The lowest BCUT2D eigenvalue weighted by molar-refractivity contribution is -0.118. The van der Waals surface area contributed by atoms with E-state index >= 15 is 0 Å². The van der Waals surface area contributed by atoms with Crippen LogP contribution in [0.1, 0.15) is 28.4 Å². The van der Waals surface area contributed by atoms with Crippen molar-refractivity contribution in [2.24, 2.45) is 0 Å². The van der Waals surface area contributed by atoms with Crippen LogP contribution in [0.3, 0.4) is 0 Å². The van der Waals surface area contributed by atoms with E-state index in [1.807, 2.05) is 0 Å². The summed E-state index contributed by atoms with van der Waals surface area (Å²) >= 11 is 0. The van der Waals surface area contributed by atoms with Gasteiger partial charge in [0.1, 0.15) is 23.9 Å². The topological polar surface area (TPSA) is 52.6 Å². The molecule has 5 heteroatoms. The normalized spacial score (nSPS) is 14.5. The van der Waals surface area contributed by atoms with Crippen LogP contribution in [0, 0.1) is 12.7 Å². The molecule has 2 aromatic rings. The number of fused-ring (bicyclic) bond motifs is 1. The number of benzene rings is 2. The lowest BCUT2D eigenvalue weighted by Gasteiger charge is -2.10. The Hall–Kier alpha value is -2.95. The number of halogens is 1. The lowest BCUT2D eigenvalue weighted by Crippen LogP contribution is -2.07. The van der Waals surface area contributed by atoms with E-state index in [1.165, 1.54) is 19.1 Å². The van der Waals surface area contributed by atoms with Gasteiger partial charge in [0.05, 0.1) is 5.56 Å². The third-order valence-corrected chi connectivity index (χ3v) is 3.64. The van der Waals surface area contributed by atoms with Gasteiger partial charge in [0.2, 0.25) is 5.78 Å². The first-order valence-corrected chi connectivity index (χ1v) is 7.41. The fourth-order valence-corrected chi connectivity index (χ4v) is 2.41. The van der Waals surface area contributed by atoms with Gasteiger partial charge in [-0.3, -0.25) is 9.59 Å². The third kappa shape index (κ3) is 3.06. The number of rotatable bonds is 4. The highest BCUT2D eigenvalue weighted by Crippen LogP contribution is 2.39. The maximum Gasteiger partial charge on any atom is 0.231 e. The standard InChI is InChI=1S/C19H15FO4/c1-11(21)10-23-16-8-7-15-18(22)17(24-19(15)12(16)2)9-13-3-5-14(20)6-4-13/h3-9H,10H2,1-2H3/b17-9-. The van der Waals surface area contributed by atoms with Crippen LogP contribution in [0.15, 0.2) is 42.2 Å². The van der Waals surface area contributed by atoms with Gasteiger partial charge in [0.25, 0.3) is 0 Å². The fourth-order valence-electron chi connectivity index (χ4n) is 2.41. The summed E-state index contributed by atoms with van der Waals surface area (Å²) in [6.45, 7) is 3.17. The molecule has 0 unspecified atom stereocenters. The predicted octanol–water partition coefficient (Wildman–Crippen LogP) is 3.72. The molecule has 4 nitrogen and oxygen atoms in total. The number of Topliss-reactive ketones (excluding diaryl/α,β-unsaturated/α-hetero) is 2. The van der Waals surface area contributed by atoms with Crippen LogP contribution in [-0.2, 0) is 4.79 Å². The monoisotopic (exact) mass is 326 g/mol. The summed E-state index contributed by atoms with van der Waals surface area (Å²) in [5.41, 5.74) is 1.76. The van der Waals surface area contributed by atoms with Crippen LogP contribution in [0.4, 0.5) is 4.39 Å². The van der Waals surface area contributed by atoms with Crippen LogP contribution < -0.4 is 9.47 Å². The molecule has 0 aliphatic carbocycles. The molecule has 1 aliphatic heterocycles. The molecule has 0 spiro atoms. The molecule has 0 bridgehead atoms. The van der Waals surface area contributed by atoms with Gasteiger partial charge in [-0.05, 0) is 49.8 Å². The van der Waals surface area contributed by atoms with Crippen LogP contribution in [0.25, 0.3) is 6.08 Å². The lowest BCUT2D eigenvalue weighted by atomic mass is 10.1. The Balaban J connectivity index is 1.90. The van der Waals surface area contributed by atoms with Gasteiger partial charge in [-0.25, -0.2) is 4.39 Å². The van der Waals surface area contributed by atoms with Gasteiger partial charge in [-0.1, -0.05) is 12.1 Å². The summed E-state index contributed by atoms with van der Waals surface area (Å²) in [4.78, 5) is 23.5. The van der Waals surface area contributed by atoms with Crippen molar-refractivity contribution in [3.8, 4) is 11.5 Å². The van der Waals surface area contributed by atoms with Crippen LogP contribution in [0.2, 0.25) is 0 Å². The van der Waals surface area contributed by atoms with E-state index in [4.69, 9.17) is 9.47 Å². The van der Waals surface area contributed by atoms with Crippen molar-refractivity contribution in [3.05, 3.63) is 64.7 Å². The first kappa shape index (κ1) is 15.9. The Bertz CT molecular complexity index is 850. The first-order valence-electron chi connectivity index (χ1n) is 7.41. The summed E-state index contributed by atoms with van der Waals surface area (Å²) in [7, 11) is 0. The minimum Gasteiger partial charge on any atom is -0.485 e.